The third kappa shape index (κ3) is 8.96. The Labute approximate surface area is 518 Å². The Hall–Kier alpha value is -8.14. The summed E-state index contributed by atoms with van der Waals surface area (Å²) < 4.78 is 28.9. The third-order valence-corrected chi connectivity index (χ3v) is 21.3. The predicted octanol–water partition coefficient (Wildman–Crippen LogP) is 20.4. The normalized spacial score (nSPS) is 17.4. The molecule has 2 aliphatic carbocycles. The van der Waals surface area contributed by atoms with E-state index in [-0.39, 0.29) is 28.4 Å². The molecule has 0 radical (unpaired) electrons. The van der Waals surface area contributed by atoms with Gasteiger partial charge in [0.2, 0.25) is 0 Å². The fraction of sp³-hybridized carbons (Fsp3) is 0.277. The lowest BCUT2D eigenvalue weighted by Gasteiger charge is -2.48. The van der Waals surface area contributed by atoms with E-state index in [2.05, 4.69) is 305 Å². The zero-order valence-corrected chi connectivity index (χ0v) is 52.6. The number of anilines is 6. The van der Waals surface area contributed by atoms with Crippen LogP contribution >= 0.6 is 0 Å². The third-order valence-electron chi connectivity index (χ3n) is 21.3. The van der Waals surface area contributed by atoms with E-state index in [9.17, 15) is 4.11 Å². The van der Waals surface area contributed by atoms with Crippen LogP contribution in [0, 0.1) is 6.85 Å². The molecule has 2 nitrogen and oxygen atoms in total. The summed E-state index contributed by atoms with van der Waals surface area (Å²) in [6.45, 7) is 26.0. The molecule has 2 aliphatic heterocycles. The highest BCUT2D eigenvalue weighted by Crippen LogP contribution is 2.56. The van der Waals surface area contributed by atoms with Gasteiger partial charge >= 0.3 is 0 Å². The Balaban J connectivity index is 1.15. The van der Waals surface area contributed by atoms with Gasteiger partial charge in [-0.2, -0.15) is 0 Å². The largest absolute Gasteiger partial charge is 0.311 e. The van der Waals surface area contributed by atoms with Crippen LogP contribution in [0.4, 0.5) is 34.1 Å². The van der Waals surface area contributed by atoms with E-state index in [1.165, 1.54) is 55.4 Å². The number of nitrogens with zero attached hydrogens (tertiary/aromatic N) is 2. The maximum absolute atomic E-state index is 9.63. The minimum Gasteiger partial charge on any atom is -0.311 e. The highest BCUT2D eigenvalue weighted by molar-refractivity contribution is 7.00. The maximum Gasteiger partial charge on any atom is 0.252 e. The summed E-state index contributed by atoms with van der Waals surface area (Å²) in [7, 11) is 0. The van der Waals surface area contributed by atoms with Crippen LogP contribution in [0.1, 0.15) is 163 Å². The Morgan fingerprint density at radius 2 is 0.802 bits per heavy atom. The van der Waals surface area contributed by atoms with Crippen molar-refractivity contribution in [3.8, 4) is 33.4 Å². The lowest BCUT2D eigenvalue weighted by molar-refractivity contribution is 0.332. The molecule has 0 unspecified atom stereocenters. The van der Waals surface area contributed by atoms with Gasteiger partial charge in [-0.1, -0.05) is 253 Å². The second kappa shape index (κ2) is 20.0. The summed E-state index contributed by atoms with van der Waals surface area (Å²) in [6.07, 6.45) is 4.34. The fourth-order valence-corrected chi connectivity index (χ4v) is 15.5. The van der Waals surface area contributed by atoms with Crippen molar-refractivity contribution in [1.29, 1.82) is 0 Å². The van der Waals surface area contributed by atoms with E-state index < -0.39 is 17.7 Å². The van der Waals surface area contributed by atoms with Gasteiger partial charge in [0.25, 0.3) is 6.71 Å². The summed E-state index contributed by atoms with van der Waals surface area (Å²) in [5.41, 5.74) is 25.6. The van der Waals surface area contributed by atoms with Gasteiger partial charge in [-0.3, -0.25) is 0 Å². The van der Waals surface area contributed by atoms with Crippen LogP contribution in [-0.4, -0.2) is 6.71 Å². The van der Waals surface area contributed by atoms with Gasteiger partial charge in [-0.25, -0.2) is 0 Å². The van der Waals surface area contributed by atoms with Gasteiger partial charge in [0, 0.05) is 54.5 Å². The molecule has 86 heavy (non-hydrogen) atoms. The summed E-state index contributed by atoms with van der Waals surface area (Å²) in [4.78, 5) is 5.03. The number of hydrogen-bond donors (Lipinski definition) is 0. The number of hydrogen-bond acceptors (Lipinski definition) is 2. The van der Waals surface area contributed by atoms with Crippen LogP contribution in [0.15, 0.2) is 218 Å². The Morgan fingerprint density at radius 3 is 1.36 bits per heavy atom. The molecular formula is C83H83BN2. The van der Waals surface area contributed by atoms with Gasteiger partial charge in [0.1, 0.15) is 0 Å². The average molecular weight is 1120 g/mol. The molecule has 0 fully saturated rings. The zero-order chi connectivity index (χ0) is 62.4. The minimum atomic E-state index is -2.47. The van der Waals surface area contributed by atoms with Crippen molar-refractivity contribution in [2.24, 2.45) is 0 Å². The molecule has 3 heteroatoms. The molecule has 0 spiro atoms. The quantitative estimate of drug-likeness (QED) is 0.133. The molecule has 10 aromatic carbocycles. The lowest BCUT2D eigenvalue weighted by atomic mass is 9.33. The van der Waals surface area contributed by atoms with Gasteiger partial charge in [0.05, 0.1) is 5.69 Å². The summed E-state index contributed by atoms with van der Waals surface area (Å²) in [6, 6.07) is 81.2. The average Bonchev–Trinajstić information content (AvgIpc) is 0.693. The summed E-state index contributed by atoms with van der Waals surface area (Å²) in [5, 5.41) is 0. The maximum atomic E-state index is 9.63. The first kappa shape index (κ1) is 52.2. The molecule has 0 aromatic heterocycles. The van der Waals surface area contributed by atoms with Crippen LogP contribution < -0.4 is 26.2 Å². The first-order valence-electron chi connectivity index (χ1n) is 33.0. The summed E-state index contributed by atoms with van der Waals surface area (Å²) >= 11 is 0. The molecule has 0 atom stereocenters. The van der Waals surface area contributed by atoms with Gasteiger partial charge in [-0.05, 0) is 191 Å². The van der Waals surface area contributed by atoms with Crippen molar-refractivity contribution < 1.29 is 4.11 Å². The molecule has 0 saturated heterocycles. The SMILES string of the molecule is [2H]C([2H])([2H])c1cc2c3c(c1)N(c1c(-c4ccccc4)cc(C(C)(C)c4ccccc4)cc1-c1ccc(-c4ccccc4)cc1)c1cc(C(C)(C)c4ccccc4)ccc1B3c1cc3c(cc1N2c1ccc2c(c1)C(C)(C)CCC2(C)C)C(C)(C)CCC3(C)C. The summed E-state index contributed by atoms with van der Waals surface area (Å²) in [5.74, 6) is 0. The number of benzene rings is 10. The van der Waals surface area contributed by atoms with Crippen molar-refractivity contribution in [3.05, 3.63) is 268 Å². The Kier molecular flexibility index (Phi) is 12.1. The van der Waals surface area contributed by atoms with E-state index in [0.29, 0.717) is 5.56 Å². The fourth-order valence-electron chi connectivity index (χ4n) is 15.5. The first-order chi connectivity index (χ1) is 42.2. The van der Waals surface area contributed by atoms with Crippen LogP contribution in [0.25, 0.3) is 33.4 Å². The Morgan fingerprint density at radius 1 is 0.360 bits per heavy atom. The smallest absolute Gasteiger partial charge is 0.252 e. The predicted molar refractivity (Wildman–Crippen MR) is 369 cm³/mol. The highest BCUT2D eigenvalue weighted by Gasteiger charge is 2.48. The molecule has 0 bridgehead atoms. The van der Waals surface area contributed by atoms with E-state index in [1.54, 1.807) is 0 Å². The molecule has 428 valence electrons. The van der Waals surface area contributed by atoms with Crippen molar-refractivity contribution in [2.45, 2.75) is 148 Å². The minimum absolute atomic E-state index is 0.00331. The second-order valence-electron chi connectivity index (χ2n) is 29.2. The number of rotatable bonds is 9. The molecule has 0 N–H and O–H groups in total. The second-order valence-corrected chi connectivity index (χ2v) is 29.2. The van der Waals surface area contributed by atoms with E-state index in [1.807, 2.05) is 6.07 Å². The van der Waals surface area contributed by atoms with Crippen molar-refractivity contribution in [3.63, 3.8) is 0 Å². The van der Waals surface area contributed by atoms with Gasteiger partial charge < -0.3 is 9.80 Å². The molecule has 10 aromatic rings. The van der Waals surface area contributed by atoms with Crippen molar-refractivity contribution in [2.75, 3.05) is 9.80 Å². The van der Waals surface area contributed by atoms with Gasteiger partial charge in [0.15, 0.2) is 0 Å². The topological polar surface area (TPSA) is 6.48 Å². The highest BCUT2D eigenvalue weighted by atomic mass is 15.2. The van der Waals surface area contributed by atoms with Crippen LogP contribution in [0.2, 0.25) is 0 Å². The van der Waals surface area contributed by atoms with Gasteiger partial charge in [-0.15, -0.1) is 0 Å². The van der Waals surface area contributed by atoms with Crippen molar-refractivity contribution >= 4 is 57.2 Å². The lowest BCUT2D eigenvalue weighted by Crippen LogP contribution is -2.62. The number of aryl methyl sites for hydroxylation is 1. The van der Waals surface area contributed by atoms with Crippen LogP contribution in [0.3, 0.4) is 0 Å². The van der Waals surface area contributed by atoms with Crippen LogP contribution in [0.5, 0.6) is 0 Å². The standard InChI is InChI=1S/C83H83BN2/c1-54-46-74-76-75(47-54)86(77-64(57-28-20-15-21-29-57)48-62(83(12,13)60-32-24-17-25-33-60)49-65(77)58-36-34-56(35-37-58)55-26-18-14-19-27-55)72-50-61(82(10,11)59-30-22-16-23-31-59)38-41-70(72)84(76)71-52-68-69(81(8,9)45-44-80(68,6)7)53-73(71)85(74)63-39-40-66-67(51-63)79(4,5)43-42-78(66,2)3/h14-41,46-53H,42-45H2,1-13H3/i1D3. The molecule has 0 saturated carbocycles. The molecule has 2 heterocycles. The number of fused-ring (bicyclic) bond motifs is 6. The monoisotopic (exact) mass is 1120 g/mol. The van der Waals surface area contributed by atoms with Crippen molar-refractivity contribution in [1.82, 2.24) is 0 Å². The molecular weight excluding hydrogens is 1040 g/mol. The molecule has 0 amide bonds. The van der Waals surface area contributed by atoms with Crippen LogP contribution in [-0.2, 0) is 32.5 Å². The van der Waals surface area contributed by atoms with E-state index >= 15 is 0 Å². The van der Waals surface area contributed by atoms with E-state index in [0.717, 1.165) is 98.7 Å². The Bertz CT molecular complexity index is 4400. The molecule has 14 rings (SSSR count). The molecule has 4 aliphatic rings. The zero-order valence-electron chi connectivity index (χ0n) is 55.6. The van der Waals surface area contributed by atoms with E-state index in [4.69, 9.17) is 0 Å². The first-order valence-corrected chi connectivity index (χ1v) is 31.5.